The third-order valence-electron chi connectivity index (χ3n) is 4.54. The number of carboxylic acids is 1. The van der Waals surface area contributed by atoms with Crippen LogP contribution >= 0.6 is 0 Å². The fourth-order valence-electron chi connectivity index (χ4n) is 3.09. The minimum atomic E-state index is -1.12. The second kappa shape index (κ2) is 7.18. The highest BCUT2D eigenvalue weighted by molar-refractivity contribution is 5.76. The largest absolute Gasteiger partial charge is 0.479 e. The van der Waals surface area contributed by atoms with Crippen molar-refractivity contribution in [1.82, 2.24) is 9.78 Å². The van der Waals surface area contributed by atoms with Crippen LogP contribution in [0.4, 0.5) is 0 Å². The second-order valence-corrected chi connectivity index (χ2v) is 7.04. The topological polar surface area (TPSA) is 64.4 Å². The molecule has 1 heterocycles. The molecule has 0 radical (unpaired) electrons. The molecule has 2 aromatic rings. The summed E-state index contributed by atoms with van der Waals surface area (Å²) in [5, 5.41) is 14.2. The van der Waals surface area contributed by atoms with Crippen LogP contribution in [0.3, 0.4) is 0 Å². The molecule has 5 heteroatoms. The number of carboxylic acid groups (broad SMARTS) is 1. The van der Waals surface area contributed by atoms with Crippen LogP contribution in [-0.4, -0.2) is 34.6 Å². The van der Waals surface area contributed by atoms with Crippen LogP contribution in [-0.2, 0) is 26.9 Å². The second-order valence-electron chi connectivity index (χ2n) is 7.04. The van der Waals surface area contributed by atoms with Crippen molar-refractivity contribution in [2.75, 3.05) is 13.7 Å². The van der Waals surface area contributed by atoms with Gasteiger partial charge in [0.2, 0.25) is 0 Å². The number of aromatic nitrogens is 2. The van der Waals surface area contributed by atoms with E-state index in [-0.39, 0.29) is 5.41 Å². The van der Waals surface area contributed by atoms with Crippen LogP contribution in [0.2, 0.25) is 0 Å². The lowest BCUT2D eigenvalue weighted by Gasteiger charge is -2.35. The molecular formula is C19H26N2O3. The molecule has 5 nitrogen and oxygen atoms in total. The van der Waals surface area contributed by atoms with Gasteiger partial charge in [0.25, 0.3) is 0 Å². The number of benzene rings is 1. The average molecular weight is 330 g/mol. The van der Waals surface area contributed by atoms with Crippen molar-refractivity contribution in [2.45, 2.75) is 44.6 Å². The highest BCUT2D eigenvalue weighted by Crippen LogP contribution is 2.36. The van der Waals surface area contributed by atoms with Crippen molar-refractivity contribution in [3.63, 3.8) is 0 Å². The van der Waals surface area contributed by atoms with E-state index in [4.69, 9.17) is 4.74 Å². The number of hydrogen-bond acceptors (Lipinski definition) is 3. The fraction of sp³-hybridized carbons (Fsp3) is 0.474. The first-order valence-corrected chi connectivity index (χ1v) is 8.11. The highest BCUT2D eigenvalue weighted by Gasteiger charge is 2.42. The highest BCUT2D eigenvalue weighted by atomic mass is 16.5. The molecule has 0 amide bonds. The van der Waals surface area contributed by atoms with Gasteiger partial charge in [-0.2, -0.15) is 5.10 Å². The first-order chi connectivity index (χ1) is 11.3. The molecule has 1 N–H and O–H groups in total. The Morgan fingerprint density at radius 2 is 1.92 bits per heavy atom. The van der Waals surface area contributed by atoms with E-state index in [1.807, 2.05) is 36.5 Å². The number of hydrogen-bond donors (Lipinski definition) is 1. The van der Waals surface area contributed by atoms with E-state index in [0.29, 0.717) is 19.4 Å². The zero-order valence-electron chi connectivity index (χ0n) is 14.8. The van der Waals surface area contributed by atoms with Crippen LogP contribution < -0.4 is 0 Å². The normalized spacial score (nSPS) is 14.3. The molecule has 1 atom stereocenters. The Hall–Kier alpha value is -2.14. The van der Waals surface area contributed by atoms with E-state index in [1.54, 1.807) is 24.9 Å². The van der Waals surface area contributed by atoms with Gasteiger partial charge in [-0.05, 0) is 36.3 Å². The van der Waals surface area contributed by atoms with Crippen molar-refractivity contribution >= 4 is 5.97 Å². The van der Waals surface area contributed by atoms with Crippen molar-refractivity contribution in [2.24, 2.45) is 0 Å². The summed E-state index contributed by atoms with van der Waals surface area (Å²) < 4.78 is 6.65. The van der Waals surface area contributed by atoms with Gasteiger partial charge in [-0.25, -0.2) is 4.79 Å². The molecule has 0 aliphatic carbocycles. The van der Waals surface area contributed by atoms with E-state index in [9.17, 15) is 9.90 Å². The first kappa shape index (κ1) is 18.2. The van der Waals surface area contributed by atoms with E-state index in [1.165, 1.54) is 0 Å². The van der Waals surface area contributed by atoms with E-state index >= 15 is 0 Å². The van der Waals surface area contributed by atoms with Crippen LogP contribution in [0.25, 0.3) is 0 Å². The third-order valence-corrected chi connectivity index (χ3v) is 4.54. The minimum absolute atomic E-state index is 0.299. The zero-order chi connectivity index (χ0) is 17.8. The van der Waals surface area contributed by atoms with Gasteiger partial charge < -0.3 is 9.84 Å². The van der Waals surface area contributed by atoms with Crippen molar-refractivity contribution in [1.29, 1.82) is 0 Å². The number of aliphatic carboxylic acids is 1. The Labute approximate surface area is 143 Å². The Kier molecular flexibility index (Phi) is 5.44. The lowest BCUT2D eigenvalue weighted by molar-refractivity contribution is -0.148. The summed E-state index contributed by atoms with van der Waals surface area (Å²) in [4.78, 5) is 12.1. The number of nitrogens with zero attached hydrogens (tertiary/aromatic N) is 2. The lowest BCUT2D eigenvalue weighted by atomic mass is 9.74. The minimum Gasteiger partial charge on any atom is -0.479 e. The van der Waals surface area contributed by atoms with Gasteiger partial charge >= 0.3 is 5.97 Å². The van der Waals surface area contributed by atoms with E-state index in [2.05, 4.69) is 18.9 Å². The molecule has 0 saturated carbocycles. The predicted molar refractivity (Wildman–Crippen MR) is 93.2 cm³/mol. The van der Waals surface area contributed by atoms with Crippen molar-refractivity contribution < 1.29 is 14.6 Å². The number of ether oxygens (including phenoxy) is 1. The summed E-state index contributed by atoms with van der Waals surface area (Å²) in [7, 11) is 1.65. The predicted octanol–water partition coefficient (Wildman–Crippen LogP) is 3.24. The molecule has 1 unspecified atom stereocenters. The number of carbonyl (C=O) groups is 1. The lowest BCUT2D eigenvalue weighted by Crippen LogP contribution is -2.44. The van der Waals surface area contributed by atoms with Gasteiger partial charge in [-0.1, -0.05) is 44.2 Å². The quantitative estimate of drug-likeness (QED) is 0.807. The Bertz CT molecular complexity index is 679. The third kappa shape index (κ3) is 3.85. The van der Waals surface area contributed by atoms with Crippen LogP contribution in [0, 0.1) is 0 Å². The van der Waals surface area contributed by atoms with Crippen molar-refractivity contribution in [3.05, 3.63) is 53.9 Å². The maximum atomic E-state index is 12.1. The summed E-state index contributed by atoms with van der Waals surface area (Å²) in [5.74, 6) is -0.882. The molecular weight excluding hydrogens is 304 g/mol. The summed E-state index contributed by atoms with van der Waals surface area (Å²) in [5.41, 5.74) is 0.670. The SMILES string of the molecule is COCCc1cnn(C(C)(CC(C)(C)c2ccccc2)C(=O)O)c1. The Morgan fingerprint density at radius 3 is 2.50 bits per heavy atom. The maximum Gasteiger partial charge on any atom is 0.331 e. The average Bonchev–Trinajstić information content (AvgIpc) is 3.02. The molecule has 0 fully saturated rings. The fourth-order valence-corrected chi connectivity index (χ4v) is 3.09. The summed E-state index contributed by atoms with van der Waals surface area (Å²) in [6.07, 6.45) is 4.68. The zero-order valence-corrected chi connectivity index (χ0v) is 14.8. The molecule has 130 valence electrons. The summed E-state index contributed by atoms with van der Waals surface area (Å²) in [6.45, 7) is 6.45. The Morgan fingerprint density at radius 1 is 1.25 bits per heavy atom. The molecule has 0 spiro atoms. The molecule has 1 aromatic carbocycles. The summed E-state index contributed by atoms with van der Waals surface area (Å²) >= 11 is 0. The number of rotatable bonds is 8. The van der Waals surface area contributed by atoms with Crippen LogP contribution in [0.5, 0.6) is 0 Å². The van der Waals surface area contributed by atoms with Gasteiger partial charge in [0, 0.05) is 13.3 Å². The maximum absolute atomic E-state index is 12.1. The van der Waals surface area contributed by atoms with Gasteiger partial charge in [0.05, 0.1) is 12.8 Å². The number of methoxy groups -OCH3 is 1. The summed E-state index contributed by atoms with van der Waals surface area (Å²) in [6, 6.07) is 9.99. The molecule has 0 bridgehead atoms. The molecule has 24 heavy (non-hydrogen) atoms. The molecule has 0 saturated heterocycles. The van der Waals surface area contributed by atoms with Crippen molar-refractivity contribution in [3.8, 4) is 0 Å². The molecule has 0 aliphatic rings. The Balaban J connectivity index is 2.30. The molecule has 2 rings (SSSR count). The standard InChI is InChI=1S/C19H26N2O3/c1-18(2,16-8-6-5-7-9-16)14-19(3,17(22)23)21-13-15(12-20-21)10-11-24-4/h5-9,12-13H,10-11,14H2,1-4H3,(H,22,23). The van der Waals surface area contributed by atoms with Crippen LogP contribution in [0.1, 0.15) is 38.3 Å². The van der Waals surface area contributed by atoms with Gasteiger partial charge in [-0.3, -0.25) is 4.68 Å². The first-order valence-electron chi connectivity index (χ1n) is 8.11. The molecule has 1 aromatic heterocycles. The van der Waals surface area contributed by atoms with E-state index in [0.717, 1.165) is 11.1 Å². The molecule has 0 aliphatic heterocycles. The van der Waals surface area contributed by atoms with E-state index < -0.39 is 11.5 Å². The van der Waals surface area contributed by atoms with Gasteiger partial charge in [0.1, 0.15) is 0 Å². The van der Waals surface area contributed by atoms with Crippen LogP contribution in [0.15, 0.2) is 42.7 Å². The smallest absolute Gasteiger partial charge is 0.331 e. The van der Waals surface area contributed by atoms with Gasteiger partial charge in [-0.15, -0.1) is 0 Å². The van der Waals surface area contributed by atoms with Gasteiger partial charge in [0.15, 0.2) is 5.54 Å². The monoisotopic (exact) mass is 330 g/mol.